The Labute approximate surface area is 122 Å². The van der Waals surface area contributed by atoms with E-state index in [9.17, 15) is 9.59 Å². The lowest BCUT2D eigenvalue weighted by molar-refractivity contribution is 0.0596. The number of nitrogens with two attached hydrogens (primary N) is 1. The second-order valence-electron chi connectivity index (χ2n) is 4.79. The zero-order chi connectivity index (χ0) is 15.4. The van der Waals surface area contributed by atoms with Gasteiger partial charge >= 0.3 is 12.1 Å². The van der Waals surface area contributed by atoms with Crippen LogP contribution in [0.5, 0.6) is 0 Å². The number of nitrogens with zero attached hydrogens (tertiary/aromatic N) is 3. The molecular weight excluding hydrogens is 276 g/mol. The number of amides is 1. The molecule has 2 rings (SSSR count). The fourth-order valence-electron chi connectivity index (χ4n) is 2.46. The van der Waals surface area contributed by atoms with Crippen LogP contribution in [0.1, 0.15) is 36.3 Å². The Morgan fingerprint density at radius 2 is 2.10 bits per heavy atom. The van der Waals surface area contributed by atoms with Crippen LogP contribution in [-0.4, -0.2) is 53.3 Å². The van der Waals surface area contributed by atoms with Crippen LogP contribution >= 0.6 is 0 Å². The maximum Gasteiger partial charge on any atom is 0.409 e. The van der Waals surface area contributed by atoms with Crippen molar-refractivity contribution < 1.29 is 19.1 Å². The van der Waals surface area contributed by atoms with Gasteiger partial charge in [0, 0.05) is 19.1 Å². The molecule has 0 aliphatic carbocycles. The summed E-state index contributed by atoms with van der Waals surface area (Å²) in [4.78, 5) is 28.8. The average Bonchev–Trinajstić information content (AvgIpc) is 2.88. The Balaban J connectivity index is 2.01. The highest BCUT2D eigenvalue weighted by atomic mass is 16.6. The van der Waals surface area contributed by atoms with Gasteiger partial charge in [0.1, 0.15) is 5.82 Å². The minimum atomic E-state index is -0.546. The van der Waals surface area contributed by atoms with Gasteiger partial charge in [0.15, 0.2) is 5.69 Å². The zero-order valence-corrected chi connectivity index (χ0v) is 12.2. The van der Waals surface area contributed by atoms with Crippen LogP contribution in [0.15, 0.2) is 6.33 Å². The lowest BCUT2D eigenvalue weighted by Crippen LogP contribution is -2.39. The molecule has 0 spiro atoms. The van der Waals surface area contributed by atoms with E-state index in [0.717, 1.165) is 12.8 Å². The molecule has 0 bridgehead atoms. The van der Waals surface area contributed by atoms with E-state index in [2.05, 4.69) is 9.72 Å². The normalized spacial score (nSPS) is 15.8. The van der Waals surface area contributed by atoms with E-state index < -0.39 is 5.97 Å². The number of rotatable bonds is 3. The van der Waals surface area contributed by atoms with E-state index in [1.807, 2.05) is 0 Å². The predicted octanol–water partition coefficient (Wildman–Crippen LogP) is 1.05. The maximum atomic E-state index is 11.6. The molecular formula is C13H20N4O4. The smallest absolute Gasteiger partial charge is 0.409 e. The first kappa shape index (κ1) is 15.1. The fourth-order valence-corrected chi connectivity index (χ4v) is 2.46. The van der Waals surface area contributed by atoms with Gasteiger partial charge in [0.2, 0.25) is 0 Å². The van der Waals surface area contributed by atoms with Crippen LogP contribution in [-0.2, 0) is 9.47 Å². The van der Waals surface area contributed by atoms with Crippen molar-refractivity contribution >= 4 is 17.9 Å². The van der Waals surface area contributed by atoms with Gasteiger partial charge in [-0.3, -0.25) is 0 Å². The van der Waals surface area contributed by atoms with Crippen molar-refractivity contribution in [3.63, 3.8) is 0 Å². The highest BCUT2D eigenvalue weighted by molar-refractivity contribution is 5.92. The summed E-state index contributed by atoms with van der Waals surface area (Å²) in [6.07, 6.45) is 2.73. The number of ether oxygens (including phenoxy) is 2. The van der Waals surface area contributed by atoms with Gasteiger partial charge in [-0.2, -0.15) is 0 Å². The van der Waals surface area contributed by atoms with E-state index >= 15 is 0 Å². The highest BCUT2D eigenvalue weighted by Crippen LogP contribution is 2.26. The summed E-state index contributed by atoms with van der Waals surface area (Å²) in [6.45, 7) is 3.34. The minimum Gasteiger partial charge on any atom is -0.464 e. The number of nitrogen functional groups attached to an aromatic ring is 1. The molecule has 1 amide bonds. The number of imidazole rings is 1. The van der Waals surface area contributed by atoms with Crippen molar-refractivity contribution in [1.82, 2.24) is 14.5 Å². The number of anilines is 1. The predicted molar refractivity (Wildman–Crippen MR) is 74.8 cm³/mol. The fraction of sp³-hybridized carbons (Fsp3) is 0.615. The van der Waals surface area contributed by atoms with Crippen LogP contribution in [0, 0.1) is 0 Å². The quantitative estimate of drug-likeness (QED) is 0.837. The molecule has 8 nitrogen and oxygen atoms in total. The van der Waals surface area contributed by atoms with Gasteiger partial charge in [-0.15, -0.1) is 0 Å². The Kier molecular flexibility index (Phi) is 4.66. The number of esters is 1. The lowest BCUT2D eigenvalue weighted by Gasteiger charge is -2.32. The third kappa shape index (κ3) is 3.09. The number of likely N-dealkylation sites (tertiary alicyclic amines) is 1. The topological polar surface area (TPSA) is 99.7 Å². The molecule has 0 radical (unpaired) electrons. The summed E-state index contributed by atoms with van der Waals surface area (Å²) in [5.41, 5.74) is 6.08. The van der Waals surface area contributed by atoms with Gasteiger partial charge in [-0.25, -0.2) is 14.6 Å². The third-order valence-corrected chi connectivity index (χ3v) is 3.59. The highest BCUT2D eigenvalue weighted by Gasteiger charge is 2.27. The van der Waals surface area contributed by atoms with Crippen LogP contribution in [0.2, 0.25) is 0 Å². The number of methoxy groups -OCH3 is 1. The van der Waals surface area contributed by atoms with Crippen molar-refractivity contribution in [3.05, 3.63) is 12.0 Å². The Morgan fingerprint density at radius 1 is 1.43 bits per heavy atom. The number of aromatic nitrogens is 2. The van der Waals surface area contributed by atoms with Gasteiger partial charge in [0.25, 0.3) is 0 Å². The summed E-state index contributed by atoms with van der Waals surface area (Å²) in [5, 5.41) is 0. The number of carbonyl (C=O) groups excluding carboxylic acids is 2. The van der Waals surface area contributed by atoms with Gasteiger partial charge in [-0.1, -0.05) is 0 Å². The second-order valence-corrected chi connectivity index (χ2v) is 4.79. The van der Waals surface area contributed by atoms with E-state index in [1.165, 1.54) is 7.11 Å². The summed E-state index contributed by atoms with van der Waals surface area (Å²) in [6, 6.07) is 0.113. The summed E-state index contributed by atoms with van der Waals surface area (Å²) in [7, 11) is 1.29. The second kappa shape index (κ2) is 6.47. The molecule has 8 heteroatoms. The van der Waals surface area contributed by atoms with Gasteiger partial charge in [0.05, 0.1) is 20.0 Å². The largest absolute Gasteiger partial charge is 0.464 e. The molecule has 1 aliphatic heterocycles. The Bertz CT molecular complexity index is 520. The molecule has 2 N–H and O–H groups in total. The Morgan fingerprint density at radius 3 is 2.67 bits per heavy atom. The summed E-state index contributed by atoms with van der Waals surface area (Å²) in [5.74, 6) is -0.244. The third-order valence-electron chi connectivity index (χ3n) is 3.59. The molecule has 1 saturated heterocycles. The number of carbonyl (C=O) groups is 2. The average molecular weight is 296 g/mol. The molecule has 0 atom stereocenters. The van der Waals surface area contributed by atoms with Crippen LogP contribution < -0.4 is 5.73 Å². The van der Waals surface area contributed by atoms with Gasteiger partial charge < -0.3 is 24.7 Å². The molecule has 116 valence electrons. The molecule has 2 heterocycles. The lowest BCUT2D eigenvalue weighted by atomic mass is 10.1. The first-order chi connectivity index (χ1) is 10.1. The van der Waals surface area contributed by atoms with Crippen molar-refractivity contribution in [2.75, 3.05) is 32.5 Å². The molecule has 0 aromatic carbocycles. The van der Waals surface area contributed by atoms with Crippen molar-refractivity contribution in [2.24, 2.45) is 0 Å². The molecule has 1 aliphatic rings. The van der Waals surface area contributed by atoms with Gasteiger partial charge in [-0.05, 0) is 19.8 Å². The summed E-state index contributed by atoms with van der Waals surface area (Å²) < 4.78 is 11.4. The van der Waals surface area contributed by atoms with E-state index in [-0.39, 0.29) is 17.8 Å². The van der Waals surface area contributed by atoms with E-state index in [4.69, 9.17) is 10.5 Å². The van der Waals surface area contributed by atoms with Crippen LogP contribution in [0.4, 0.5) is 10.6 Å². The number of hydrogen-bond donors (Lipinski definition) is 1. The van der Waals surface area contributed by atoms with Crippen molar-refractivity contribution in [2.45, 2.75) is 25.8 Å². The molecule has 0 saturated carbocycles. The molecule has 1 aromatic rings. The maximum absolute atomic E-state index is 11.6. The molecule has 1 fully saturated rings. The van der Waals surface area contributed by atoms with Crippen LogP contribution in [0.25, 0.3) is 0 Å². The number of hydrogen-bond acceptors (Lipinski definition) is 6. The molecule has 21 heavy (non-hydrogen) atoms. The van der Waals surface area contributed by atoms with Crippen LogP contribution in [0.3, 0.4) is 0 Å². The Hall–Kier alpha value is -2.25. The number of piperidine rings is 1. The SMILES string of the molecule is CCOC(=O)N1CCC(n2cnc(C(=O)OC)c2N)CC1. The zero-order valence-electron chi connectivity index (χ0n) is 12.2. The minimum absolute atomic E-state index is 0.113. The first-order valence-corrected chi connectivity index (χ1v) is 6.90. The van der Waals surface area contributed by atoms with E-state index in [1.54, 1.807) is 22.7 Å². The molecule has 1 aromatic heterocycles. The first-order valence-electron chi connectivity index (χ1n) is 6.90. The molecule has 0 unspecified atom stereocenters. The standard InChI is InChI=1S/C13H20N4O4/c1-3-21-13(19)16-6-4-9(5-7-16)17-8-15-10(11(17)14)12(18)20-2/h8-9H,3-7,14H2,1-2H3. The van der Waals surface area contributed by atoms with Crippen molar-refractivity contribution in [1.29, 1.82) is 0 Å². The monoisotopic (exact) mass is 296 g/mol. The summed E-state index contributed by atoms with van der Waals surface area (Å²) >= 11 is 0. The van der Waals surface area contributed by atoms with Crippen molar-refractivity contribution in [3.8, 4) is 0 Å². The van der Waals surface area contributed by atoms with E-state index in [0.29, 0.717) is 25.5 Å².